The van der Waals surface area contributed by atoms with E-state index in [1.54, 1.807) is 30.2 Å². The van der Waals surface area contributed by atoms with E-state index in [-0.39, 0.29) is 22.0 Å². The Labute approximate surface area is 183 Å². The minimum atomic E-state index is -0.560. The highest BCUT2D eigenvalue weighted by Gasteiger charge is 2.46. The Morgan fingerprint density at radius 2 is 2.19 bits per heavy atom. The van der Waals surface area contributed by atoms with E-state index >= 15 is 0 Å². The van der Waals surface area contributed by atoms with Gasteiger partial charge in [-0.1, -0.05) is 17.7 Å². The molecule has 2 aliphatic rings. The molecule has 1 spiro atoms. The maximum atomic E-state index is 14.4. The summed E-state index contributed by atoms with van der Waals surface area (Å²) >= 11 is 5.91. The zero-order chi connectivity index (χ0) is 21.6. The number of benzene rings is 2. The maximum Gasteiger partial charge on any atom is 0.227 e. The van der Waals surface area contributed by atoms with Gasteiger partial charge in [-0.2, -0.15) is 0 Å². The van der Waals surface area contributed by atoms with E-state index < -0.39 is 5.82 Å². The average Bonchev–Trinajstić information content (AvgIpc) is 3.36. The zero-order valence-electron chi connectivity index (χ0n) is 16.9. The first-order valence-corrected chi connectivity index (χ1v) is 10.4. The molecule has 0 aliphatic carbocycles. The fraction of sp³-hybridized carbons (Fsp3) is 0.318. The van der Waals surface area contributed by atoms with E-state index in [0.717, 1.165) is 19.5 Å². The van der Waals surface area contributed by atoms with E-state index in [1.165, 1.54) is 12.4 Å². The standard InChI is InChI=1S/C22H21ClFN5O2/c1-31-18-8-16-13(7-17(18)29-11-22(9-19(29)30)5-6-25-10-22)21(27-12-26-16)28-15-4-2-3-14(23)20(15)24/h2-4,7-8,12,25H,5-6,9-11H2,1H3,(H,26,27,28). The summed E-state index contributed by atoms with van der Waals surface area (Å²) in [6, 6.07) is 8.33. The highest BCUT2D eigenvalue weighted by molar-refractivity contribution is 6.31. The van der Waals surface area contributed by atoms with Crippen molar-refractivity contribution in [2.45, 2.75) is 12.8 Å². The van der Waals surface area contributed by atoms with E-state index in [0.29, 0.717) is 41.1 Å². The van der Waals surface area contributed by atoms with E-state index in [2.05, 4.69) is 20.6 Å². The maximum absolute atomic E-state index is 14.4. The number of amides is 1. The smallest absolute Gasteiger partial charge is 0.227 e. The number of methoxy groups -OCH3 is 1. The predicted molar refractivity (Wildman–Crippen MR) is 118 cm³/mol. The Kier molecular flexibility index (Phi) is 4.91. The lowest BCUT2D eigenvalue weighted by Crippen LogP contribution is -2.30. The van der Waals surface area contributed by atoms with Crippen LogP contribution < -0.4 is 20.3 Å². The average molecular weight is 442 g/mol. The molecule has 1 aromatic heterocycles. The number of ether oxygens (including phenoxy) is 1. The van der Waals surface area contributed by atoms with E-state index in [1.807, 2.05) is 6.07 Å². The van der Waals surface area contributed by atoms with Gasteiger partial charge in [-0.15, -0.1) is 0 Å². The topological polar surface area (TPSA) is 79.4 Å². The van der Waals surface area contributed by atoms with Crippen molar-refractivity contribution in [3.63, 3.8) is 0 Å². The summed E-state index contributed by atoms with van der Waals surface area (Å²) in [7, 11) is 1.57. The number of carbonyl (C=O) groups is 1. The fourth-order valence-electron chi connectivity index (χ4n) is 4.47. The molecule has 0 saturated carbocycles. The lowest BCUT2D eigenvalue weighted by molar-refractivity contribution is -0.117. The SMILES string of the molecule is COc1cc2ncnc(Nc3cccc(Cl)c3F)c2cc1N1CC2(CCNC2)CC1=O. The Hall–Kier alpha value is -2.97. The number of hydrogen-bond acceptors (Lipinski definition) is 6. The van der Waals surface area contributed by atoms with E-state index in [4.69, 9.17) is 16.3 Å². The zero-order valence-corrected chi connectivity index (χ0v) is 17.7. The van der Waals surface area contributed by atoms with Crippen molar-refractivity contribution in [1.29, 1.82) is 0 Å². The van der Waals surface area contributed by atoms with Crippen LogP contribution in [0.15, 0.2) is 36.7 Å². The molecule has 7 nitrogen and oxygen atoms in total. The first kappa shape index (κ1) is 20.0. The molecule has 31 heavy (non-hydrogen) atoms. The summed E-state index contributed by atoms with van der Waals surface area (Å²) in [6.07, 6.45) is 2.87. The van der Waals surface area contributed by atoms with Gasteiger partial charge >= 0.3 is 0 Å². The van der Waals surface area contributed by atoms with Crippen molar-refractivity contribution in [2.75, 3.05) is 37.0 Å². The van der Waals surface area contributed by atoms with Crippen molar-refractivity contribution >= 4 is 45.6 Å². The minimum Gasteiger partial charge on any atom is -0.494 e. The number of rotatable bonds is 4. The molecule has 3 aromatic rings. The van der Waals surface area contributed by atoms with Gasteiger partial charge in [0.25, 0.3) is 0 Å². The van der Waals surface area contributed by atoms with Crippen LogP contribution in [0.25, 0.3) is 10.9 Å². The van der Waals surface area contributed by atoms with Gasteiger partial charge in [-0.3, -0.25) is 4.79 Å². The fourth-order valence-corrected chi connectivity index (χ4v) is 4.65. The number of aromatic nitrogens is 2. The summed E-state index contributed by atoms with van der Waals surface area (Å²) in [5.41, 5.74) is 1.44. The van der Waals surface area contributed by atoms with Gasteiger partial charge in [-0.25, -0.2) is 14.4 Å². The number of carbonyl (C=O) groups excluding carboxylic acids is 1. The highest BCUT2D eigenvalue weighted by atomic mass is 35.5. The second-order valence-electron chi connectivity index (χ2n) is 8.07. The molecule has 2 N–H and O–H groups in total. The molecular formula is C22H21ClFN5O2. The molecule has 1 atom stereocenters. The van der Waals surface area contributed by atoms with Crippen molar-refractivity contribution in [3.05, 3.63) is 47.5 Å². The molecule has 0 bridgehead atoms. The van der Waals surface area contributed by atoms with Gasteiger partial charge in [0.1, 0.15) is 17.9 Å². The van der Waals surface area contributed by atoms with Gasteiger partial charge in [0.15, 0.2) is 5.82 Å². The quantitative estimate of drug-likeness (QED) is 0.639. The van der Waals surface area contributed by atoms with Gasteiger partial charge in [0.05, 0.1) is 29.0 Å². The molecule has 1 unspecified atom stereocenters. The molecule has 160 valence electrons. The summed E-state index contributed by atoms with van der Waals surface area (Å²) < 4.78 is 20.0. The Morgan fingerprint density at radius 3 is 2.97 bits per heavy atom. The number of nitrogens with one attached hydrogen (secondary N) is 2. The van der Waals surface area contributed by atoms with Crippen LogP contribution in [0.2, 0.25) is 5.02 Å². The molecular weight excluding hydrogens is 421 g/mol. The van der Waals surface area contributed by atoms with Crippen LogP contribution in [0, 0.1) is 11.2 Å². The number of nitrogens with zero attached hydrogens (tertiary/aromatic N) is 3. The number of fused-ring (bicyclic) bond motifs is 1. The molecule has 9 heteroatoms. The van der Waals surface area contributed by atoms with E-state index in [9.17, 15) is 9.18 Å². The van der Waals surface area contributed by atoms with Gasteiger partial charge < -0.3 is 20.3 Å². The monoisotopic (exact) mass is 441 g/mol. The second-order valence-corrected chi connectivity index (χ2v) is 8.48. The summed E-state index contributed by atoms with van der Waals surface area (Å²) in [6.45, 7) is 2.37. The van der Waals surface area contributed by atoms with Crippen molar-refractivity contribution in [1.82, 2.24) is 15.3 Å². The molecule has 5 rings (SSSR count). The molecule has 2 saturated heterocycles. The Balaban J connectivity index is 1.59. The summed E-state index contributed by atoms with van der Waals surface area (Å²) in [4.78, 5) is 23.3. The predicted octanol–water partition coefficient (Wildman–Crippen LogP) is 3.89. The van der Waals surface area contributed by atoms with Crippen molar-refractivity contribution < 1.29 is 13.9 Å². The Bertz CT molecular complexity index is 1180. The minimum absolute atomic E-state index is 0.0175. The summed E-state index contributed by atoms with van der Waals surface area (Å²) in [5, 5.41) is 7.04. The summed E-state index contributed by atoms with van der Waals surface area (Å²) in [5.74, 6) is 0.477. The Morgan fingerprint density at radius 1 is 1.32 bits per heavy atom. The number of anilines is 3. The van der Waals surface area contributed by atoms with Crippen molar-refractivity contribution in [3.8, 4) is 5.75 Å². The van der Waals surface area contributed by atoms with Gasteiger partial charge in [0, 0.05) is 36.4 Å². The van der Waals surface area contributed by atoms with Crippen LogP contribution in [-0.4, -0.2) is 42.6 Å². The lowest BCUT2D eigenvalue weighted by atomic mass is 9.86. The van der Waals surface area contributed by atoms with Crippen LogP contribution >= 0.6 is 11.6 Å². The van der Waals surface area contributed by atoms with Crippen LogP contribution in [0.5, 0.6) is 5.75 Å². The normalized spacial score (nSPS) is 20.7. The third kappa shape index (κ3) is 3.45. The highest BCUT2D eigenvalue weighted by Crippen LogP contribution is 2.43. The molecule has 2 fully saturated rings. The third-order valence-electron chi connectivity index (χ3n) is 6.08. The molecule has 0 radical (unpaired) electrons. The number of halogens is 2. The number of hydrogen-bond donors (Lipinski definition) is 2. The van der Waals surface area contributed by atoms with Crippen LogP contribution in [0.3, 0.4) is 0 Å². The third-order valence-corrected chi connectivity index (χ3v) is 6.38. The van der Waals surface area contributed by atoms with Crippen LogP contribution in [0.1, 0.15) is 12.8 Å². The largest absolute Gasteiger partial charge is 0.494 e. The van der Waals surface area contributed by atoms with Crippen molar-refractivity contribution in [2.24, 2.45) is 5.41 Å². The molecule has 2 aliphatic heterocycles. The molecule has 1 amide bonds. The first-order valence-electron chi connectivity index (χ1n) is 10.0. The first-order chi connectivity index (χ1) is 15.0. The molecule has 2 aromatic carbocycles. The van der Waals surface area contributed by atoms with Crippen LogP contribution in [0.4, 0.5) is 21.6 Å². The molecule has 3 heterocycles. The van der Waals surface area contributed by atoms with Gasteiger partial charge in [0.2, 0.25) is 5.91 Å². The van der Waals surface area contributed by atoms with Gasteiger partial charge in [-0.05, 0) is 31.2 Å². The van der Waals surface area contributed by atoms with Crippen LogP contribution in [-0.2, 0) is 4.79 Å². The second kappa shape index (κ2) is 7.62. The lowest BCUT2D eigenvalue weighted by Gasteiger charge is -2.24.